The number of para-hydroxylation sites is 1. The van der Waals surface area contributed by atoms with E-state index in [1.807, 2.05) is 0 Å². The van der Waals surface area contributed by atoms with E-state index in [0.29, 0.717) is 17.1 Å². The number of carbonyl (C=O) groups is 1. The van der Waals surface area contributed by atoms with Gasteiger partial charge in [0.2, 0.25) is 0 Å². The van der Waals surface area contributed by atoms with Crippen molar-refractivity contribution in [3.8, 4) is 11.5 Å². The molecule has 2 aromatic carbocycles. The van der Waals surface area contributed by atoms with Gasteiger partial charge in [0, 0.05) is 6.07 Å². The normalized spacial score (nSPS) is 10.0. The quantitative estimate of drug-likeness (QED) is 0.749. The highest BCUT2D eigenvalue weighted by atomic mass is 19.1. The topological polar surface area (TPSA) is 26.3 Å². The van der Waals surface area contributed by atoms with Crippen LogP contribution in [0.5, 0.6) is 11.5 Å². The van der Waals surface area contributed by atoms with Gasteiger partial charge in [0.05, 0.1) is 5.56 Å². The van der Waals surface area contributed by atoms with Crippen LogP contribution in [0.2, 0.25) is 0 Å². The summed E-state index contributed by atoms with van der Waals surface area (Å²) in [5.41, 5.74) is 0.483. The molecule has 0 atom stereocenters. The first-order valence-electron chi connectivity index (χ1n) is 5.20. The zero-order valence-corrected chi connectivity index (χ0v) is 9.31. The van der Waals surface area contributed by atoms with E-state index in [1.165, 1.54) is 19.1 Å². The molecule has 0 N–H and O–H groups in total. The highest BCUT2D eigenvalue weighted by molar-refractivity contribution is 5.96. The molecule has 0 radical (unpaired) electrons. The van der Waals surface area contributed by atoms with Gasteiger partial charge in [0.1, 0.15) is 17.3 Å². The molecular weight excluding hydrogens is 219 g/mol. The number of hydrogen-bond donors (Lipinski definition) is 0. The number of hydrogen-bond acceptors (Lipinski definition) is 2. The SMILES string of the molecule is CC(=O)c1ccccc1Oc1cccc(F)c1. The second kappa shape index (κ2) is 4.78. The maximum Gasteiger partial charge on any atom is 0.163 e. The fourth-order valence-corrected chi connectivity index (χ4v) is 1.50. The standard InChI is InChI=1S/C14H11FO2/c1-10(16)13-7-2-3-8-14(13)17-12-6-4-5-11(15)9-12/h2-9H,1H3. The minimum atomic E-state index is -0.372. The van der Waals surface area contributed by atoms with Crippen molar-refractivity contribution in [1.29, 1.82) is 0 Å². The molecular formula is C14H11FO2. The predicted octanol–water partition coefficient (Wildman–Crippen LogP) is 3.82. The fourth-order valence-electron chi connectivity index (χ4n) is 1.50. The summed E-state index contributed by atoms with van der Waals surface area (Å²) in [5, 5.41) is 0. The van der Waals surface area contributed by atoms with Crippen molar-refractivity contribution in [2.24, 2.45) is 0 Å². The minimum absolute atomic E-state index is 0.0861. The Balaban J connectivity index is 2.33. The lowest BCUT2D eigenvalue weighted by molar-refractivity contribution is 0.101. The van der Waals surface area contributed by atoms with Gasteiger partial charge in [0.25, 0.3) is 0 Å². The lowest BCUT2D eigenvalue weighted by atomic mass is 10.1. The predicted molar refractivity (Wildman–Crippen MR) is 62.9 cm³/mol. The second-order valence-electron chi connectivity index (χ2n) is 3.61. The Labute approximate surface area is 98.7 Å². The van der Waals surface area contributed by atoms with Crippen molar-refractivity contribution in [3.63, 3.8) is 0 Å². The highest BCUT2D eigenvalue weighted by Crippen LogP contribution is 2.25. The van der Waals surface area contributed by atoms with Gasteiger partial charge in [-0.25, -0.2) is 4.39 Å². The molecule has 2 rings (SSSR count). The van der Waals surface area contributed by atoms with Crippen molar-refractivity contribution < 1.29 is 13.9 Å². The van der Waals surface area contributed by atoms with Crippen LogP contribution >= 0.6 is 0 Å². The molecule has 0 fully saturated rings. The van der Waals surface area contributed by atoms with Gasteiger partial charge in [0.15, 0.2) is 5.78 Å². The fraction of sp³-hybridized carbons (Fsp3) is 0.0714. The molecule has 17 heavy (non-hydrogen) atoms. The molecule has 86 valence electrons. The van der Waals surface area contributed by atoms with Crippen LogP contribution in [0.1, 0.15) is 17.3 Å². The smallest absolute Gasteiger partial charge is 0.163 e. The van der Waals surface area contributed by atoms with Crippen molar-refractivity contribution in [2.75, 3.05) is 0 Å². The zero-order chi connectivity index (χ0) is 12.3. The third-order valence-corrected chi connectivity index (χ3v) is 2.29. The zero-order valence-electron chi connectivity index (χ0n) is 9.31. The largest absolute Gasteiger partial charge is 0.457 e. The maximum absolute atomic E-state index is 13.0. The molecule has 0 aliphatic carbocycles. The van der Waals surface area contributed by atoms with Crippen molar-refractivity contribution in [2.45, 2.75) is 6.92 Å². The van der Waals surface area contributed by atoms with Gasteiger partial charge in [-0.05, 0) is 31.2 Å². The van der Waals surface area contributed by atoms with Crippen LogP contribution in [0, 0.1) is 5.82 Å². The lowest BCUT2D eigenvalue weighted by Gasteiger charge is -2.08. The minimum Gasteiger partial charge on any atom is -0.457 e. The van der Waals surface area contributed by atoms with E-state index < -0.39 is 0 Å². The number of rotatable bonds is 3. The van der Waals surface area contributed by atoms with Gasteiger partial charge in [-0.15, -0.1) is 0 Å². The third kappa shape index (κ3) is 2.69. The molecule has 0 aliphatic heterocycles. The Bertz CT molecular complexity index is 549. The van der Waals surface area contributed by atoms with Gasteiger partial charge in [-0.3, -0.25) is 4.79 Å². The molecule has 0 aliphatic rings. The van der Waals surface area contributed by atoms with E-state index in [0.717, 1.165) is 0 Å². The first-order chi connectivity index (χ1) is 8.16. The van der Waals surface area contributed by atoms with Crippen molar-refractivity contribution in [3.05, 3.63) is 59.9 Å². The third-order valence-electron chi connectivity index (χ3n) is 2.29. The van der Waals surface area contributed by atoms with Crippen LogP contribution in [0.15, 0.2) is 48.5 Å². The van der Waals surface area contributed by atoms with Gasteiger partial charge in [-0.1, -0.05) is 18.2 Å². The summed E-state index contributed by atoms with van der Waals surface area (Å²) in [6.07, 6.45) is 0. The van der Waals surface area contributed by atoms with Crippen molar-refractivity contribution in [1.82, 2.24) is 0 Å². The van der Waals surface area contributed by atoms with Gasteiger partial charge < -0.3 is 4.74 Å². The summed E-state index contributed by atoms with van der Waals surface area (Å²) in [4.78, 5) is 11.4. The van der Waals surface area contributed by atoms with E-state index >= 15 is 0 Å². The molecule has 0 heterocycles. The average molecular weight is 230 g/mol. The first-order valence-corrected chi connectivity index (χ1v) is 5.20. The summed E-state index contributed by atoms with van der Waals surface area (Å²) in [6, 6.07) is 12.7. The van der Waals surface area contributed by atoms with E-state index in [9.17, 15) is 9.18 Å². The summed E-state index contributed by atoms with van der Waals surface area (Å²) in [5.74, 6) is 0.351. The van der Waals surface area contributed by atoms with Gasteiger partial charge >= 0.3 is 0 Å². The Kier molecular flexibility index (Phi) is 3.19. The Morgan fingerprint density at radius 1 is 1.12 bits per heavy atom. The van der Waals surface area contributed by atoms with Crippen LogP contribution < -0.4 is 4.74 Å². The van der Waals surface area contributed by atoms with E-state index in [1.54, 1.807) is 36.4 Å². The number of ketones is 1. The Morgan fingerprint density at radius 2 is 1.88 bits per heavy atom. The molecule has 0 spiro atoms. The number of carbonyl (C=O) groups excluding carboxylic acids is 1. The van der Waals surface area contributed by atoms with Crippen LogP contribution in [0.25, 0.3) is 0 Å². The molecule has 2 nitrogen and oxygen atoms in total. The van der Waals surface area contributed by atoms with Crippen LogP contribution in [0.4, 0.5) is 4.39 Å². The van der Waals surface area contributed by atoms with Crippen LogP contribution in [-0.2, 0) is 0 Å². The number of benzene rings is 2. The first kappa shape index (κ1) is 11.3. The molecule has 2 aromatic rings. The number of Topliss-reactive ketones (excluding diaryl/α,β-unsaturated/α-hetero) is 1. The number of ether oxygens (including phenoxy) is 1. The van der Waals surface area contributed by atoms with Gasteiger partial charge in [-0.2, -0.15) is 0 Å². The summed E-state index contributed by atoms with van der Waals surface area (Å²) in [7, 11) is 0. The molecule has 3 heteroatoms. The van der Waals surface area contributed by atoms with Crippen molar-refractivity contribution >= 4 is 5.78 Å². The Hall–Kier alpha value is -2.16. The summed E-state index contributed by atoms with van der Waals surface area (Å²) >= 11 is 0. The summed E-state index contributed by atoms with van der Waals surface area (Å²) in [6.45, 7) is 1.47. The second-order valence-corrected chi connectivity index (χ2v) is 3.61. The molecule has 0 saturated heterocycles. The Morgan fingerprint density at radius 3 is 2.59 bits per heavy atom. The van der Waals surface area contributed by atoms with E-state index in [4.69, 9.17) is 4.74 Å². The van der Waals surface area contributed by atoms with Crippen LogP contribution in [0.3, 0.4) is 0 Å². The monoisotopic (exact) mass is 230 g/mol. The highest BCUT2D eigenvalue weighted by Gasteiger charge is 2.08. The lowest BCUT2D eigenvalue weighted by Crippen LogP contribution is -1.96. The average Bonchev–Trinajstić information content (AvgIpc) is 2.29. The van der Waals surface area contributed by atoms with E-state index in [2.05, 4.69) is 0 Å². The molecule has 0 aromatic heterocycles. The van der Waals surface area contributed by atoms with Crippen LogP contribution in [-0.4, -0.2) is 5.78 Å². The molecule has 0 amide bonds. The van der Waals surface area contributed by atoms with E-state index in [-0.39, 0.29) is 11.6 Å². The molecule has 0 unspecified atom stereocenters. The molecule has 0 bridgehead atoms. The molecule has 0 saturated carbocycles. The summed E-state index contributed by atoms with van der Waals surface area (Å²) < 4.78 is 18.5. The maximum atomic E-state index is 13.0. The number of halogens is 1.